The minimum absolute atomic E-state index is 0.741. The van der Waals surface area contributed by atoms with Gasteiger partial charge < -0.3 is 10.6 Å². The highest BCUT2D eigenvalue weighted by Gasteiger charge is 2.49. The van der Waals surface area contributed by atoms with Crippen molar-refractivity contribution in [1.82, 2.24) is 10.2 Å². The van der Waals surface area contributed by atoms with Crippen molar-refractivity contribution < 1.29 is 5.32 Å². The van der Waals surface area contributed by atoms with Crippen LogP contribution in [-0.2, 0) is 0 Å². The number of quaternary nitrogens is 1. The van der Waals surface area contributed by atoms with E-state index in [9.17, 15) is 0 Å². The molecule has 3 N–H and O–H groups in total. The van der Waals surface area contributed by atoms with Gasteiger partial charge in [0, 0.05) is 25.6 Å². The van der Waals surface area contributed by atoms with Gasteiger partial charge in [0.2, 0.25) is 0 Å². The van der Waals surface area contributed by atoms with Crippen LogP contribution in [0.3, 0.4) is 0 Å². The van der Waals surface area contributed by atoms with Gasteiger partial charge >= 0.3 is 0 Å². The standard InChI is InChI=1S/C11H21N3/c1-4-12-5-2-10(1)14-8-11(9-14)3-6-13-7-11/h10,12-13H,1-9H2/p+1. The highest BCUT2D eigenvalue weighted by atomic mass is 15.3. The van der Waals surface area contributed by atoms with Crippen molar-refractivity contribution in [3.63, 3.8) is 0 Å². The van der Waals surface area contributed by atoms with E-state index in [0.29, 0.717) is 0 Å². The number of nitrogens with one attached hydrogen (secondary N) is 1. The highest BCUT2D eigenvalue weighted by Crippen LogP contribution is 2.36. The number of hydrogen-bond acceptors (Lipinski definition) is 2. The minimum Gasteiger partial charge on any atom is -0.346 e. The second-order valence-electron chi connectivity index (χ2n) is 5.42. The summed E-state index contributed by atoms with van der Waals surface area (Å²) in [5.74, 6) is 0. The van der Waals surface area contributed by atoms with Gasteiger partial charge in [-0.05, 0) is 25.9 Å². The SMILES string of the molecule is C1CC(N2CC3(CC[NH2+]C3)C2)CCN1. The van der Waals surface area contributed by atoms with Crippen LogP contribution in [0.1, 0.15) is 19.3 Å². The Morgan fingerprint density at radius 1 is 1.21 bits per heavy atom. The molecule has 0 atom stereocenters. The second-order valence-corrected chi connectivity index (χ2v) is 5.42. The van der Waals surface area contributed by atoms with Gasteiger partial charge in [-0.1, -0.05) is 0 Å². The molecular formula is C11H22N3+. The molecule has 3 aliphatic rings. The summed E-state index contributed by atoms with van der Waals surface area (Å²) in [5, 5.41) is 5.95. The summed E-state index contributed by atoms with van der Waals surface area (Å²) in [7, 11) is 0. The molecule has 3 heteroatoms. The summed E-state index contributed by atoms with van der Waals surface area (Å²) in [6.45, 7) is 8.04. The van der Waals surface area contributed by atoms with Gasteiger partial charge in [0.05, 0.1) is 18.5 Å². The van der Waals surface area contributed by atoms with Crippen LogP contribution < -0.4 is 10.6 Å². The zero-order chi connectivity index (χ0) is 9.43. The monoisotopic (exact) mass is 196 g/mol. The van der Waals surface area contributed by atoms with Crippen LogP contribution in [0.25, 0.3) is 0 Å². The first-order chi connectivity index (χ1) is 6.88. The third kappa shape index (κ3) is 1.47. The maximum absolute atomic E-state index is 3.45. The lowest BCUT2D eigenvalue weighted by Gasteiger charge is -2.51. The smallest absolute Gasteiger partial charge is 0.0839 e. The fourth-order valence-corrected chi connectivity index (χ4v) is 3.45. The van der Waals surface area contributed by atoms with Crippen molar-refractivity contribution >= 4 is 0 Å². The molecule has 0 aromatic carbocycles. The zero-order valence-electron chi connectivity index (χ0n) is 8.97. The highest BCUT2D eigenvalue weighted by molar-refractivity contribution is 4.99. The molecular weight excluding hydrogens is 174 g/mol. The fourth-order valence-electron chi connectivity index (χ4n) is 3.45. The predicted molar refractivity (Wildman–Crippen MR) is 56.2 cm³/mol. The van der Waals surface area contributed by atoms with E-state index in [1.165, 1.54) is 58.5 Å². The van der Waals surface area contributed by atoms with Crippen molar-refractivity contribution in [1.29, 1.82) is 0 Å². The first-order valence-corrected chi connectivity index (χ1v) is 6.14. The van der Waals surface area contributed by atoms with Gasteiger partial charge in [-0.25, -0.2) is 0 Å². The molecule has 0 bridgehead atoms. The number of likely N-dealkylation sites (tertiary alicyclic amines) is 1. The van der Waals surface area contributed by atoms with E-state index in [0.717, 1.165) is 11.5 Å². The first kappa shape index (κ1) is 9.13. The Morgan fingerprint density at radius 2 is 2.00 bits per heavy atom. The largest absolute Gasteiger partial charge is 0.346 e. The zero-order valence-corrected chi connectivity index (χ0v) is 8.97. The molecule has 0 aliphatic carbocycles. The molecule has 3 nitrogen and oxygen atoms in total. The van der Waals surface area contributed by atoms with Crippen LogP contribution in [0.4, 0.5) is 0 Å². The molecule has 0 saturated carbocycles. The molecule has 0 amide bonds. The number of nitrogens with zero attached hydrogens (tertiary/aromatic N) is 1. The molecule has 3 fully saturated rings. The molecule has 3 saturated heterocycles. The molecule has 3 heterocycles. The molecule has 14 heavy (non-hydrogen) atoms. The average Bonchev–Trinajstić information content (AvgIpc) is 2.65. The maximum Gasteiger partial charge on any atom is 0.0839 e. The average molecular weight is 196 g/mol. The Hall–Kier alpha value is -0.120. The lowest BCUT2D eigenvalue weighted by molar-refractivity contribution is -0.642. The Kier molecular flexibility index (Phi) is 2.26. The maximum atomic E-state index is 3.45. The Labute approximate surface area is 86.2 Å². The van der Waals surface area contributed by atoms with E-state index in [1.807, 2.05) is 0 Å². The second kappa shape index (κ2) is 3.47. The van der Waals surface area contributed by atoms with Gasteiger partial charge in [0.15, 0.2) is 0 Å². The van der Waals surface area contributed by atoms with Gasteiger partial charge in [0.1, 0.15) is 0 Å². The van der Waals surface area contributed by atoms with E-state index < -0.39 is 0 Å². The van der Waals surface area contributed by atoms with Crippen LogP contribution in [0.15, 0.2) is 0 Å². The summed E-state index contributed by atoms with van der Waals surface area (Å²) in [5.41, 5.74) is 0.741. The Balaban J connectivity index is 1.52. The van der Waals surface area contributed by atoms with Crippen LogP contribution in [0, 0.1) is 5.41 Å². The summed E-state index contributed by atoms with van der Waals surface area (Å²) in [4.78, 5) is 2.74. The molecule has 0 aromatic rings. The number of rotatable bonds is 1. The van der Waals surface area contributed by atoms with Crippen LogP contribution in [0.2, 0.25) is 0 Å². The molecule has 3 aliphatic heterocycles. The normalized spacial score (nSPS) is 33.4. The van der Waals surface area contributed by atoms with E-state index in [1.54, 1.807) is 0 Å². The number of nitrogens with two attached hydrogens (primary N) is 1. The van der Waals surface area contributed by atoms with Gasteiger partial charge in [-0.2, -0.15) is 0 Å². The molecule has 0 radical (unpaired) electrons. The Morgan fingerprint density at radius 3 is 2.64 bits per heavy atom. The van der Waals surface area contributed by atoms with E-state index in [-0.39, 0.29) is 0 Å². The first-order valence-electron chi connectivity index (χ1n) is 6.14. The lowest BCUT2D eigenvalue weighted by atomic mass is 9.77. The molecule has 0 unspecified atom stereocenters. The predicted octanol–water partition coefficient (Wildman–Crippen LogP) is -0.992. The molecule has 80 valence electrons. The summed E-state index contributed by atoms with van der Waals surface area (Å²) in [6, 6.07) is 0.905. The van der Waals surface area contributed by atoms with Crippen LogP contribution >= 0.6 is 0 Å². The fraction of sp³-hybridized carbons (Fsp3) is 1.00. The summed E-state index contributed by atoms with van der Waals surface area (Å²) in [6.07, 6.45) is 4.22. The number of hydrogen-bond donors (Lipinski definition) is 2. The van der Waals surface area contributed by atoms with Crippen LogP contribution in [0.5, 0.6) is 0 Å². The van der Waals surface area contributed by atoms with Gasteiger partial charge in [0.25, 0.3) is 0 Å². The van der Waals surface area contributed by atoms with Crippen molar-refractivity contribution in [2.75, 3.05) is 39.3 Å². The Bertz CT molecular complexity index is 197. The van der Waals surface area contributed by atoms with Crippen molar-refractivity contribution in [2.24, 2.45) is 5.41 Å². The van der Waals surface area contributed by atoms with E-state index >= 15 is 0 Å². The van der Waals surface area contributed by atoms with E-state index in [4.69, 9.17) is 0 Å². The van der Waals surface area contributed by atoms with Crippen molar-refractivity contribution in [3.8, 4) is 0 Å². The molecule has 1 spiro atoms. The topological polar surface area (TPSA) is 31.9 Å². The summed E-state index contributed by atoms with van der Waals surface area (Å²) >= 11 is 0. The quantitative estimate of drug-likeness (QED) is 0.564. The van der Waals surface area contributed by atoms with Crippen LogP contribution in [-0.4, -0.2) is 50.2 Å². The number of piperidine rings is 1. The van der Waals surface area contributed by atoms with Crippen molar-refractivity contribution in [3.05, 3.63) is 0 Å². The lowest BCUT2D eigenvalue weighted by Crippen LogP contribution is -2.83. The molecule has 3 rings (SSSR count). The third-order valence-corrected chi connectivity index (χ3v) is 4.36. The van der Waals surface area contributed by atoms with Crippen molar-refractivity contribution in [2.45, 2.75) is 25.3 Å². The third-order valence-electron chi connectivity index (χ3n) is 4.36. The van der Waals surface area contributed by atoms with Gasteiger partial charge in [-0.3, -0.25) is 4.90 Å². The van der Waals surface area contributed by atoms with E-state index in [2.05, 4.69) is 15.5 Å². The van der Waals surface area contributed by atoms with Gasteiger partial charge in [-0.15, -0.1) is 0 Å². The minimum atomic E-state index is 0.741. The summed E-state index contributed by atoms with van der Waals surface area (Å²) < 4.78 is 0. The molecule has 0 aromatic heterocycles.